The van der Waals surface area contributed by atoms with Crippen molar-refractivity contribution in [2.75, 3.05) is 25.6 Å². The summed E-state index contributed by atoms with van der Waals surface area (Å²) in [4.78, 5) is 13.7. The number of amides is 1. The van der Waals surface area contributed by atoms with E-state index in [0.717, 1.165) is 11.3 Å². The number of hydrogen-bond acceptors (Lipinski definition) is 6. The third-order valence-corrected chi connectivity index (χ3v) is 3.66. The van der Waals surface area contributed by atoms with Gasteiger partial charge >= 0.3 is 0 Å². The van der Waals surface area contributed by atoms with E-state index in [1.54, 1.807) is 30.3 Å². The number of nitrogens with one attached hydrogen (secondary N) is 1. The number of hydrogen-bond donors (Lipinski definition) is 2. The highest BCUT2D eigenvalue weighted by molar-refractivity contribution is 5.80. The molecule has 2 aromatic rings. The van der Waals surface area contributed by atoms with Gasteiger partial charge in [-0.15, -0.1) is 0 Å². The monoisotopic (exact) mass is 359 g/mol. The van der Waals surface area contributed by atoms with Crippen molar-refractivity contribution in [2.45, 2.75) is 25.9 Å². The molecule has 2 N–H and O–H groups in total. The summed E-state index contributed by atoms with van der Waals surface area (Å²) in [5.74, 6) is 1.73. The Morgan fingerprint density at radius 1 is 1.31 bits per heavy atom. The Labute approximate surface area is 153 Å². The van der Waals surface area contributed by atoms with Crippen LogP contribution in [0.2, 0.25) is 0 Å². The number of ether oxygens (including phenoxy) is 1. The lowest BCUT2D eigenvalue weighted by Crippen LogP contribution is -2.18. The van der Waals surface area contributed by atoms with Crippen LogP contribution in [0.3, 0.4) is 0 Å². The lowest BCUT2D eigenvalue weighted by molar-refractivity contribution is -0.121. The largest absolute Gasteiger partial charge is 0.494 e. The second-order valence-corrected chi connectivity index (χ2v) is 5.92. The molecule has 0 aliphatic heterocycles. The Balaban J connectivity index is 1.75. The first-order valence-electron chi connectivity index (χ1n) is 8.49. The van der Waals surface area contributed by atoms with Gasteiger partial charge in [0.15, 0.2) is 5.88 Å². The smallest absolute Gasteiger partial charge is 0.240 e. The first kappa shape index (κ1) is 19.5. The van der Waals surface area contributed by atoms with E-state index in [9.17, 15) is 9.90 Å². The van der Waals surface area contributed by atoms with Gasteiger partial charge in [-0.1, -0.05) is 12.1 Å². The molecule has 1 amide bonds. The number of aliphatic hydroxyl groups excluding tert-OH is 1. The van der Waals surface area contributed by atoms with Crippen molar-refractivity contribution in [3.05, 3.63) is 47.7 Å². The number of aliphatic hydroxyl groups is 1. The summed E-state index contributed by atoms with van der Waals surface area (Å²) in [7, 11) is 3.74. The minimum absolute atomic E-state index is 0.160. The van der Waals surface area contributed by atoms with E-state index in [4.69, 9.17) is 9.15 Å². The Morgan fingerprint density at radius 2 is 2.04 bits per heavy atom. The van der Waals surface area contributed by atoms with Crippen LogP contribution in [0, 0.1) is 0 Å². The van der Waals surface area contributed by atoms with E-state index in [1.165, 1.54) is 6.21 Å². The van der Waals surface area contributed by atoms with Crippen LogP contribution in [0.1, 0.15) is 37.2 Å². The summed E-state index contributed by atoms with van der Waals surface area (Å²) in [6.07, 6.45) is 1.19. The third-order valence-electron chi connectivity index (χ3n) is 3.66. The zero-order valence-electron chi connectivity index (χ0n) is 15.3. The van der Waals surface area contributed by atoms with Gasteiger partial charge in [-0.2, -0.15) is 5.10 Å². The molecule has 0 bridgehead atoms. The second kappa shape index (κ2) is 9.62. The van der Waals surface area contributed by atoms with Crippen LogP contribution in [-0.4, -0.2) is 37.9 Å². The standard InChI is InChI=1S/C19H25N3O4/c1-4-25-15-7-5-14(6-8-15)17(23)10-11-18(24)21-20-13-16-9-12-19(26-16)22(2)3/h5-9,12-13,17,23H,4,10-11H2,1-3H3,(H,21,24)/b20-13-/t17-/m1/s1. The van der Waals surface area contributed by atoms with Gasteiger partial charge in [-0.3, -0.25) is 4.79 Å². The van der Waals surface area contributed by atoms with Gasteiger partial charge in [0.05, 0.1) is 18.9 Å². The number of anilines is 1. The van der Waals surface area contributed by atoms with Crippen LogP contribution < -0.4 is 15.1 Å². The maximum Gasteiger partial charge on any atom is 0.240 e. The maximum atomic E-state index is 11.8. The highest BCUT2D eigenvalue weighted by Crippen LogP contribution is 2.21. The summed E-state index contributed by atoms with van der Waals surface area (Å²) in [6, 6.07) is 10.8. The Morgan fingerprint density at radius 3 is 2.65 bits per heavy atom. The fraction of sp³-hybridized carbons (Fsp3) is 0.368. The summed E-state index contributed by atoms with van der Waals surface area (Å²) in [6.45, 7) is 2.51. The van der Waals surface area contributed by atoms with Crippen LogP contribution >= 0.6 is 0 Å². The number of hydrazone groups is 1. The molecule has 7 heteroatoms. The quantitative estimate of drug-likeness (QED) is 0.531. The molecule has 1 heterocycles. The molecule has 0 spiro atoms. The molecule has 140 valence electrons. The third kappa shape index (κ3) is 5.93. The summed E-state index contributed by atoms with van der Waals surface area (Å²) in [5, 5.41) is 14.0. The highest BCUT2D eigenvalue weighted by Gasteiger charge is 2.10. The topological polar surface area (TPSA) is 87.3 Å². The minimum atomic E-state index is -0.715. The fourth-order valence-electron chi connectivity index (χ4n) is 2.26. The molecular weight excluding hydrogens is 334 g/mol. The number of carbonyl (C=O) groups is 1. The Kier molecular flexibility index (Phi) is 7.23. The molecule has 1 aromatic carbocycles. The average molecular weight is 359 g/mol. The first-order valence-corrected chi connectivity index (χ1v) is 8.49. The van der Waals surface area contributed by atoms with Gasteiger partial charge in [0.2, 0.25) is 5.91 Å². The maximum absolute atomic E-state index is 11.8. The van der Waals surface area contributed by atoms with E-state index in [1.807, 2.05) is 32.0 Å². The van der Waals surface area contributed by atoms with Crippen molar-refractivity contribution in [1.82, 2.24) is 5.43 Å². The molecule has 0 fully saturated rings. The highest BCUT2D eigenvalue weighted by atomic mass is 16.5. The fourth-order valence-corrected chi connectivity index (χ4v) is 2.26. The zero-order chi connectivity index (χ0) is 18.9. The Hall–Kier alpha value is -2.80. The van der Waals surface area contributed by atoms with Crippen LogP contribution in [0.4, 0.5) is 5.88 Å². The van der Waals surface area contributed by atoms with Gasteiger partial charge in [-0.25, -0.2) is 5.43 Å². The normalized spacial score (nSPS) is 12.2. The predicted octanol–water partition coefficient (Wildman–Crippen LogP) is 2.71. The van der Waals surface area contributed by atoms with Gasteiger partial charge in [-0.05, 0) is 37.1 Å². The number of nitrogens with zero attached hydrogens (tertiary/aromatic N) is 2. The summed E-state index contributed by atoms with van der Waals surface area (Å²) in [5.41, 5.74) is 3.17. The molecule has 0 unspecified atom stereocenters. The van der Waals surface area contributed by atoms with Crippen LogP contribution in [-0.2, 0) is 4.79 Å². The van der Waals surface area contributed by atoms with Crippen LogP contribution in [0.5, 0.6) is 5.75 Å². The van der Waals surface area contributed by atoms with E-state index >= 15 is 0 Å². The molecule has 0 aliphatic carbocycles. The van der Waals surface area contributed by atoms with Gasteiger partial charge in [0.1, 0.15) is 11.5 Å². The minimum Gasteiger partial charge on any atom is -0.494 e. The average Bonchev–Trinajstić information content (AvgIpc) is 3.10. The van der Waals surface area contributed by atoms with E-state index < -0.39 is 6.10 Å². The van der Waals surface area contributed by atoms with Crippen molar-refractivity contribution in [3.63, 3.8) is 0 Å². The van der Waals surface area contributed by atoms with Crippen molar-refractivity contribution < 1.29 is 19.1 Å². The molecule has 0 aliphatic rings. The van der Waals surface area contributed by atoms with Crippen molar-refractivity contribution in [2.24, 2.45) is 5.10 Å². The lowest BCUT2D eigenvalue weighted by atomic mass is 10.0. The number of furan rings is 1. The molecule has 0 saturated carbocycles. The van der Waals surface area contributed by atoms with Crippen molar-refractivity contribution >= 4 is 18.0 Å². The van der Waals surface area contributed by atoms with Gasteiger partial charge in [0.25, 0.3) is 0 Å². The molecular formula is C19H25N3O4. The summed E-state index contributed by atoms with van der Waals surface area (Å²) < 4.78 is 10.8. The number of benzene rings is 1. The lowest BCUT2D eigenvalue weighted by Gasteiger charge is -2.11. The van der Waals surface area contributed by atoms with Crippen molar-refractivity contribution in [1.29, 1.82) is 0 Å². The zero-order valence-corrected chi connectivity index (χ0v) is 15.3. The number of rotatable bonds is 9. The predicted molar refractivity (Wildman–Crippen MR) is 101 cm³/mol. The molecule has 1 atom stereocenters. The molecule has 1 aromatic heterocycles. The summed E-state index contributed by atoms with van der Waals surface area (Å²) >= 11 is 0. The van der Waals surface area contributed by atoms with E-state index in [-0.39, 0.29) is 12.3 Å². The van der Waals surface area contributed by atoms with Crippen LogP contribution in [0.15, 0.2) is 45.9 Å². The number of carbonyl (C=O) groups excluding carboxylic acids is 1. The van der Waals surface area contributed by atoms with E-state index in [0.29, 0.717) is 24.7 Å². The SMILES string of the molecule is CCOc1ccc([C@H](O)CCC(=O)N/N=C\c2ccc(N(C)C)o2)cc1. The molecule has 7 nitrogen and oxygen atoms in total. The molecule has 26 heavy (non-hydrogen) atoms. The van der Waals surface area contributed by atoms with E-state index in [2.05, 4.69) is 10.5 Å². The van der Waals surface area contributed by atoms with Gasteiger partial charge in [0, 0.05) is 26.6 Å². The van der Waals surface area contributed by atoms with Crippen LogP contribution in [0.25, 0.3) is 0 Å². The van der Waals surface area contributed by atoms with Gasteiger partial charge < -0.3 is 19.2 Å². The Bertz CT molecular complexity index is 723. The molecule has 2 rings (SSSR count). The molecule has 0 radical (unpaired) electrons. The molecule has 0 saturated heterocycles. The first-order chi connectivity index (χ1) is 12.5. The van der Waals surface area contributed by atoms with Crippen molar-refractivity contribution in [3.8, 4) is 5.75 Å². The second-order valence-electron chi connectivity index (χ2n) is 5.92.